The third-order valence-electron chi connectivity index (χ3n) is 4.83. The monoisotopic (exact) mass is 403 g/mol. The van der Waals surface area contributed by atoms with Crippen LogP contribution in [0.3, 0.4) is 0 Å². The van der Waals surface area contributed by atoms with Crippen molar-refractivity contribution in [3.8, 4) is 23.5 Å². The molecule has 0 fully saturated rings. The minimum Gasteiger partial charge on any atom is -0.478 e. The second-order valence-corrected chi connectivity index (χ2v) is 8.12. The van der Waals surface area contributed by atoms with Gasteiger partial charge in [0.15, 0.2) is 0 Å². The van der Waals surface area contributed by atoms with Crippen molar-refractivity contribution in [3.63, 3.8) is 0 Å². The maximum absolute atomic E-state index is 13.0. The van der Waals surface area contributed by atoms with E-state index in [1.165, 1.54) is 4.68 Å². The molecule has 0 aliphatic carbocycles. The Balaban J connectivity index is 1.95. The van der Waals surface area contributed by atoms with E-state index < -0.39 is 11.5 Å². The molecule has 0 amide bonds. The van der Waals surface area contributed by atoms with Crippen LogP contribution >= 0.6 is 0 Å². The number of hydrogen-bond acceptors (Lipinski definition) is 3. The van der Waals surface area contributed by atoms with Crippen LogP contribution < -0.4 is 5.69 Å². The molecule has 0 unspecified atom stereocenters. The number of hydrogen-bond donors (Lipinski definition) is 1. The summed E-state index contributed by atoms with van der Waals surface area (Å²) in [6.45, 7) is 6.18. The van der Waals surface area contributed by atoms with E-state index in [0.29, 0.717) is 30.8 Å². The Morgan fingerprint density at radius 2 is 1.80 bits per heavy atom. The average molecular weight is 403 g/mol. The van der Waals surface area contributed by atoms with E-state index in [9.17, 15) is 14.7 Å². The highest BCUT2D eigenvalue weighted by Crippen LogP contribution is 2.24. The molecular formula is C24H25N3O3. The molecule has 0 bridgehead atoms. The molecule has 0 atom stereocenters. The predicted molar refractivity (Wildman–Crippen MR) is 117 cm³/mol. The van der Waals surface area contributed by atoms with Crippen molar-refractivity contribution in [2.24, 2.45) is 0 Å². The Morgan fingerprint density at radius 3 is 2.40 bits per heavy atom. The second-order valence-electron chi connectivity index (χ2n) is 8.12. The summed E-state index contributed by atoms with van der Waals surface area (Å²) in [5.74, 6) is 2.30. The van der Waals surface area contributed by atoms with Crippen molar-refractivity contribution >= 4 is 5.97 Å². The molecule has 0 saturated heterocycles. The quantitative estimate of drug-likeness (QED) is 0.636. The number of aromatic nitrogens is 3. The zero-order chi connectivity index (χ0) is 21.9. The summed E-state index contributed by atoms with van der Waals surface area (Å²) in [6.07, 6.45) is 6.43. The Morgan fingerprint density at radius 1 is 1.13 bits per heavy atom. The van der Waals surface area contributed by atoms with Crippen molar-refractivity contribution in [2.45, 2.75) is 45.7 Å². The van der Waals surface area contributed by atoms with Gasteiger partial charge in [-0.25, -0.2) is 14.3 Å². The molecule has 1 N–H and O–H groups in total. The van der Waals surface area contributed by atoms with Crippen molar-refractivity contribution in [3.05, 3.63) is 76.0 Å². The third kappa shape index (κ3) is 4.36. The number of carbonyl (C=O) groups is 1. The minimum absolute atomic E-state index is 0.171. The van der Waals surface area contributed by atoms with Crippen molar-refractivity contribution in [1.29, 1.82) is 0 Å². The first-order valence-electron chi connectivity index (χ1n) is 9.76. The molecular weight excluding hydrogens is 378 g/mol. The van der Waals surface area contributed by atoms with Gasteiger partial charge in [0.2, 0.25) is 0 Å². The van der Waals surface area contributed by atoms with E-state index in [1.54, 1.807) is 22.8 Å². The third-order valence-corrected chi connectivity index (χ3v) is 4.83. The lowest BCUT2D eigenvalue weighted by Crippen LogP contribution is -2.36. The lowest BCUT2D eigenvalue weighted by molar-refractivity contribution is 0.0697. The van der Waals surface area contributed by atoms with Gasteiger partial charge in [-0.3, -0.25) is 4.57 Å². The van der Waals surface area contributed by atoms with Gasteiger partial charge in [0, 0.05) is 12.8 Å². The number of aromatic carboxylic acids is 1. The first-order chi connectivity index (χ1) is 14.2. The van der Waals surface area contributed by atoms with Gasteiger partial charge in [0.25, 0.3) is 0 Å². The fourth-order valence-corrected chi connectivity index (χ4v) is 3.30. The van der Waals surface area contributed by atoms with Gasteiger partial charge >= 0.3 is 11.7 Å². The van der Waals surface area contributed by atoms with Crippen LogP contribution in [0.5, 0.6) is 0 Å². The number of aryl methyl sites for hydroxylation is 1. The number of terminal acetylenes is 1. The SMILES string of the molecule is C#CCCc1nn(C(C)(C)C)c(=O)n1Cc1ccc(-c2ccccc2C(=O)O)cc1. The molecule has 2 aromatic carbocycles. The Kier molecular flexibility index (Phi) is 5.93. The summed E-state index contributed by atoms with van der Waals surface area (Å²) in [5.41, 5.74) is 2.03. The molecule has 1 heterocycles. The van der Waals surface area contributed by atoms with E-state index in [0.717, 1.165) is 11.1 Å². The van der Waals surface area contributed by atoms with Crippen molar-refractivity contribution in [2.75, 3.05) is 0 Å². The van der Waals surface area contributed by atoms with E-state index in [2.05, 4.69) is 11.0 Å². The number of rotatable bonds is 6. The van der Waals surface area contributed by atoms with E-state index in [4.69, 9.17) is 6.42 Å². The molecule has 154 valence electrons. The molecule has 0 aliphatic heterocycles. The smallest absolute Gasteiger partial charge is 0.346 e. The Bertz CT molecular complexity index is 1160. The van der Waals surface area contributed by atoms with Crippen LogP contribution in [0.15, 0.2) is 53.3 Å². The van der Waals surface area contributed by atoms with Crippen LogP contribution in [0.4, 0.5) is 0 Å². The lowest BCUT2D eigenvalue weighted by Gasteiger charge is -2.16. The molecule has 0 aliphatic rings. The fourth-order valence-electron chi connectivity index (χ4n) is 3.30. The Labute approximate surface area is 175 Å². The number of carboxylic acids is 1. The van der Waals surface area contributed by atoms with Crippen LogP contribution in [0.25, 0.3) is 11.1 Å². The molecule has 0 saturated carbocycles. The molecule has 1 aromatic heterocycles. The molecule has 0 spiro atoms. The highest BCUT2D eigenvalue weighted by Gasteiger charge is 2.22. The zero-order valence-electron chi connectivity index (χ0n) is 17.4. The summed E-state index contributed by atoms with van der Waals surface area (Å²) in [7, 11) is 0. The normalized spacial score (nSPS) is 11.3. The van der Waals surface area contributed by atoms with Crippen molar-refractivity contribution in [1.82, 2.24) is 14.3 Å². The van der Waals surface area contributed by atoms with Crippen LogP contribution in [0.2, 0.25) is 0 Å². The Hall–Kier alpha value is -3.59. The highest BCUT2D eigenvalue weighted by molar-refractivity contribution is 5.95. The van der Waals surface area contributed by atoms with Gasteiger partial charge in [-0.05, 0) is 43.5 Å². The lowest BCUT2D eigenvalue weighted by atomic mass is 9.99. The summed E-state index contributed by atoms with van der Waals surface area (Å²) in [4.78, 5) is 24.4. The fraction of sp³-hybridized carbons (Fsp3) is 0.292. The largest absolute Gasteiger partial charge is 0.478 e. The predicted octanol–water partition coefficient (Wildman–Crippen LogP) is 3.78. The maximum Gasteiger partial charge on any atom is 0.346 e. The summed E-state index contributed by atoms with van der Waals surface area (Å²) in [5, 5.41) is 13.9. The molecule has 6 nitrogen and oxygen atoms in total. The van der Waals surface area contributed by atoms with Crippen LogP contribution in [-0.4, -0.2) is 25.4 Å². The maximum atomic E-state index is 13.0. The molecule has 0 radical (unpaired) electrons. The molecule has 6 heteroatoms. The molecule has 30 heavy (non-hydrogen) atoms. The molecule has 3 rings (SSSR count). The van der Waals surface area contributed by atoms with Gasteiger partial charge in [-0.15, -0.1) is 12.3 Å². The average Bonchev–Trinajstić information content (AvgIpc) is 3.03. The van der Waals surface area contributed by atoms with Crippen LogP contribution in [-0.2, 0) is 18.5 Å². The van der Waals surface area contributed by atoms with E-state index in [1.807, 2.05) is 51.1 Å². The standard InChI is InChI=1S/C24H25N3O3/c1-5-6-11-21-25-27(24(2,3)4)23(30)26(21)16-17-12-14-18(15-13-17)19-9-7-8-10-20(19)22(28)29/h1,7-10,12-15H,6,11,16H2,2-4H3,(H,28,29). The number of benzene rings is 2. The zero-order valence-corrected chi connectivity index (χ0v) is 17.4. The summed E-state index contributed by atoms with van der Waals surface area (Å²) < 4.78 is 3.15. The summed E-state index contributed by atoms with van der Waals surface area (Å²) in [6, 6.07) is 14.4. The van der Waals surface area contributed by atoms with E-state index in [-0.39, 0.29) is 11.3 Å². The van der Waals surface area contributed by atoms with Gasteiger partial charge in [0.05, 0.1) is 17.6 Å². The number of carboxylic acid groups (broad SMARTS) is 1. The first kappa shape index (κ1) is 21.1. The molecule has 3 aromatic rings. The first-order valence-corrected chi connectivity index (χ1v) is 9.76. The van der Waals surface area contributed by atoms with Gasteiger partial charge in [0.1, 0.15) is 5.82 Å². The topological polar surface area (TPSA) is 77.1 Å². The van der Waals surface area contributed by atoms with Crippen LogP contribution in [0.1, 0.15) is 48.9 Å². The minimum atomic E-state index is -0.964. The second kappa shape index (κ2) is 8.42. The van der Waals surface area contributed by atoms with E-state index >= 15 is 0 Å². The van der Waals surface area contributed by atoms with Gasteiger partial charge in [-0.2, -0.15) is 5.10 Å². The summed E-state index contributed by atoms with van der Waals surface area (Å²) >= 11 is 0. The van der Waals surface area contributed by atoms with Gasteiger partial charge < -0.3 is 5.11 Å². The van der Waals surface area contributed by atoms with Gasteiger partial charge in [-0.1, -0.05) is 42.5 Å². The van der Waals surface area contributed by atoms with Crippen molar-refractivity contribution < 1.29 is 9.90 Å². The van der Waals surface area contributed by atoms with Crippen LogP contribution in [0, 0.1) is 12.3 Å². The number of nitrogens with zero attached hydrogens (tertiary/aromatic N) is 3. The highest BCUT2D eigenvalue weighted by atomic mass is 16.4.